The molecule has 3 heteroatoms. The van der Waals surface area contributed by atoms with Crippen LogP contribution in [0.5, 0.6) is 0 Å². The Kier molecular flexibility index (Phi) is 2.90. The summed E-state index contributed by atoms with van der Waals surface area (Å²) in [6.07, 6.45) is 4.49. The molecule has 0 radical (unpaired) electrons. The molecule has 94 valence electrons. The topological polar surface area (TPSA) is 24.9 Å². The third kappa shape index (κ3) is 2.05. The predicted molar refractivity (Wildman–Crippen MR) is 77.3 cm³/mol. The Morgan fingerprint density at radius 3 is 2.94 bits per heavy atom. The fraction of sp³-hybridized carbons (Fsp3) is 0.400. The monoisotopic (exact) mass is 260 g/mol. The van der Waals surface area contributed by atoms with Crippen LogP contribution in [0.15, 0.2) is 24.4 Å². The second-order valence-corrected chi connectivity index (χ2v) is 5.63. The second kappa shape index (κ2) is 4.43. The molecule has 0 saturated heterocycles. The van der Waals surface area contributed by atoms with Crippen LogP contribution in [-0.2, 0) is 0 Å². The normalized spacial score (nSPS) is 16.8. The fourth-order valence-electron chi connectivity index (χ4n) is 2.47. The largest absolute Gasteiger partial charge is 0.381 e. The molecule has 1 heterocycles. The first-order chi connectivity index (χ1) is 8.66. The van der Waals surface area contributed by atoms with Crippen molar-refractivity contribution < 1.29 is 0 Å². The molecule has 1 saturated carbocycles. The summed E-state index contributed by atoms with van der Waals surface area (Å²) in [5, 5.41) is 5.48. The van der Waals surface area contributed by atoms with Crippen LogP contribution in [0, 0.1) is 12.8 Å². The third-order valence-electron chi connectivity index (χ3n) is 3.73. The van der Waals surface area contributed by atoms with E-state index in [0.717, 1.165) is 33.1 Å². The van der Waals surface area contributed by atoms with Crippen molar-refractivity contribution in [1.29, 1.82) is 0 Å². The lowest BCUT2D eigenvalue weighted by Gasteiger charge is -2.18. The maximum absolute atomic E-state index is 6.39. The SMILES string of the molecule is Cc1cc(Cl)c(NC(C)C2CC2)c2cccnc12. The van der Waals surface area contributed by atoms with Crippen molar-refractivity contribution >= 4 is 28.2 Å². The van der Waals surface area contributed by atoms with Crippen LogP contribution >= 0.6 is 11.6 Å². The summed E-state index contributed by atoms with van der Waals surface area (Å²) in [7, 11) is 0. The Hall–Kier alpha value is -1.28. The summed E-state index contributed by atoms with van der Waals surface area (Å²) < 4.78 is 0. The Morgan fingerprint density at radius 1 is 1.44 bits per heavy atom. The molecule has 0 aliphatic heterocycles. The minimum absolute atomic E-state index is 0.480. The molecule has 1 aromatic carbocycles. The molecule has 1 fully saturated rings. The smallest absolute Gasteiger partial charge is 0.0752 e. The molecule has 2 nitrogen and oxygen atoms in total. The van der Waals surface area contributed by atoms with Gasteiger partial charge in [-0.05, 0) is 56.4 Å². The van der Waals surface area contributed by atoms with Gasteiger partial charge in [0.1, 0.15) is 0 Å². The maximum Gasteiger partial charge on any atom is 0.0752 e. The van der Waals surface area contributed by atoms with Crippen LogP contribution in [0.3, 0.4) is 0 Å². The summed E-state index contributed by atoms with van der Waals surface area (Å²) in [6, 6.07) is 6.53. The van der Waals surface area contributed by atoms with Crippen molar-refractivity contribution in [2.24, 2.45) is 5.92 Å². The van der Waals surface area contributed by atoms with Gasteiger partial charge < -0.3 is 5.32 Å². The molecular weight excluding hydrogens is 244 g/mol. The van der Waals surface area contributed by atoms with Crippen LogP contribution < -0.4 is 5.32 Å². The number of hydrogen-bond donors (Lipinski definition) is 1. The maximum atomic E-state index is 6.39. The van der Waals surface area contributed by atoms with E-state index in [1.54, 1.807) is 0 Å². The van der Waals surface area contributed by atoms with Gasteiger partial charge >= 0.3 is 0 Å². The highest BCUT2D eigenvalue weighted by atomic mass is 35.5. The number of anilines is 1. The zero-order chi connectivity index (χ0) is 12.7. The number of rotatable bonds is 3. The summed E-state index contributed by atoms with van der Waals surface area (Å²) >= 11 is 6.39. The van der Waals surface area contributed by atoms with Gasteiger partial charge in [0.25, 0.3) is 0 Å². The molecule has 0 amide bonds. The van der Waals surface area contributed by atoms with Gasteiger partial charge in [0.2, 0.25) is 0 Å². The number of hydrogen-bond acceptors (Lipinski definition) is 2. The minimum atomic E-state index is 0.480. The zero-order valence-corrected chi connectivity index (χ0v) is 11.5. The van der Waals surface area contributed by atoms with Crippen molar-refractivity contribution in [2.45, 2.75) is 32.7 Å². The van der Waals surface area contributed by atoms with Crippen LogP contribution in [0.2, 0.25) is 5.02 Å². The number of benzene rings is 1. The van der Waals surface area contributed by atoms with E-state index < -0.39 is 0 Å². The highest BCUT2D eigenvalue weighted by Crippen LogP contribution is 2.38. The van der Waals surface area contributed by atoms with Crippen molar-refractivity contribution in [3.63, 3.8) is 0 Å². The lowest BCUT2D eigenvalue weighted by molar-refractivity contribution is 0.695. The Bertz CT molecular complexity index is 590. The molecule has 0 bridgehead atoms. The summed E-state index contributed by atoms with van der Waals surface area (Å²) in [4.78, 5) is 4.45. The quantitative estimate of drug-likeness (QED) is 0.884. The molecule has 1 N–H and O–H groups in total. The molecule has 3 rings (SSSR count). The number of halogens is 1. The van der Waals surface area contributed by atoms with E-state index in [2.05, 4.69) is 30.2 Å². The Labute approximate surface area is 112 Å². The van der Waals surface area contributed by atoms with E-state index in [9.17, 15) is 0 Å². The first kappa shape index (κ1) is 11.8. The molecule has 1 aliphatic carbocycles. The number of aryl methyl sites for hydroxylation is 1. The van der Waals surface area contributed by atoms with E-state index in [0.29, 0.717) is 6.04 Å². The molecule has 18 heavy (non-hydrogen) atoms. The Morgan fingerprint density at radius 2 is 2.22 bits per heavy atom. The summed E-state index contributed by atoms with van der Waals surface area (Å²) in [5.74, 6) is 0.800. The van der Waals surface area contributed by atoms with Gasteiger partial charge in [0.15, 0.2) is 0 Å². The van der Waals surface area contributed by atoms with Crippen LogP contribution in [0.25, 0.3) is 10.9 Å². The van der Waals surface area contributed by atoms with Crippen LogP contribution in [0.4, 0.5) is 5.69 Å². The fourth-order valence-corrected chi connectivity index (χ4v) is 2.79. The third-order valence-corrected chi connectivity index (χ3v) is 4.03. The van der Waals surface area contributed by atoms with E-state index >= 15 is 0 Å². The van der Waals surface area contributed by atoms with E-state index in [-0.39, 0.29) is 0 Å². The molecule has 1 atom stereocenters. The van der Waals surface area contributed by atoms with Gasteiger partial charge in [-0.3, -0.25) is 4.98 Å². The highest BCUT2D eigenvalue weighted by Gasteiger charge is 2.28. The van der Waals surface area contributed by atoms with Gasteiger partial charge in [-0.1, -0.05) is 11.6 Å². The first-order valence-corrected chi connectivity index (χ1v) is 6.85. The molecule has 0 spiro atoms. The second-order valence-electron chi connectivity index (χ2n) is 5.22. The van der Waals surface area contributed by atoms with Gasteiger partial charge in [-0.2, -0.15) is 0 Å². The van der Waals surface area contributed by atoms with Crippen LogP contribution in [-0.4, -0.2) is 11.0 Å². The van der Waals surface area contributed by atoms with Gasteiger partial charge in [0, 0.05) is 17.6 Å². The molecule has 1 unspecified atom stereocenters. The number of aromatic nitrogens is 1. The van der Waals surface area contributed by atoms with Crippen molar-refractivity contribution in [3.8, 4) is 0 Å². The van der Waals surface area contributed by atoms with Crippen molar-refractivity contribution in [2.75, 3.05) is 5.32 Å². The van der Waals surface area contributed by atoms with Crippen molar-refractivity contribution in [3.05, 3.63) is 35.0 Å². The zero-order valence-electron chi connectivity index (χ0n) is 10.7. The standard InChI is InChI=1S/C15H17ClN2/c1-9-8-13(16)15(18-10(2)11-5-6-11)12-4-3-7-17-14(9)12/h3-4,7-8,10-11,18H,5-6H2,1-2H3. The van der Waals surface area contributed by atoms with E-state index in [1.807, 2.05) is 18.3 Å². The molecule has 1 aromatic heterocycles. The molecular formula is C15H17ClN2. The van der Waals surface area contributed by atoms with Gasteiger partial charge in [0.05, 0.1) is 16.2 Å². The van der Waals surface area contributed by atoms with E-state index in [4.69, 9.17) is 11.6 Å². The average molecular weight is 261 g/mol. The van der Waals surface area contributed by atoms with Crippen molar-refractivity contribution in [1.82, 2.24) is 4.98 Å². The molecule has 1 aliphatic rings. The number of pyridine rings is 1. The summed E-state index contributed by atoms with van der Waals surface area (Å²) in [5.41, 5.74) is 3.19. The highest BCUT2D eigenvalue weighted by molar-refractivity contribution is 6.35. The number of nitrogens with zero attached hydrogens (tertiary/aromatic N) is 1. The average Bonchev–Trinajstić information content (AvgIpc) is 3.18. The van der Waals surface area contributed by atoms with Gasteiger partial charge in [-0.15, -0.1) is 0 Å². The number of nitrogens with one attached hydrogen (secondary N) is 1. The lowest BCUT2D eigenvalue weighted by Crippen LogP contribution is -2.17. The minimum Gasteiger partial charge on any atom is -0.381 e. The number of fused-ring (bicyclic) bond motifs is 1. The summed E-state index contributed by atoms with van der Waals surface area (Å²) in [6.45, 7) is 4.28. The van der Waals surface area contributed by atoms with Crippen LogP contribution in [0.1, 0.15) is 25.3 Å². The lowest BCUT2D eigenvalue weighted by atomic mass is 10.1. The van der Waals surface area contributed by atoms with Gasteiger partial charge in [-0.25, -0.2) is 0 Å². The first-order valence-electron chi connectivity index (χ1n) is 6.47. The van der Waals surface area contributed by atoms with E-state index in [1.165, 1.54) is 12.8 Å². The predicted octanol–water partition coefficient (Wildman–Crippen LogP) is 4.41. The Balaban J connectivity index is 2.08. The molecule has 2 aromatic rings.